The van der Waals surface area contributed by atoms with Crippen LogP contribution in [0.2, 0.25) is 0 Å². The van der Waals surface area contributed by atoms with Crippen molar-refractivity contribution in [1.82, 2.24) is 23.8 Å². The van der Waals surface area contributed by atoms with Crippen molar-refractivity contribution in [2.45, 2.75) is 17.0 Å². The van der Waals surface area contributed by atoms with E-state index in [1.54, 1.807) is 30.2 Å². The average molecular weight is 352 g/mol. The molecule has 0 spiro atoms. The van der Waals surface area contributed by atoms with E-state index in [1.165, 1.54) is 19.6 Å². The second-order valence-corrected chi connectivity index (χ2v) is 8.09. The zero-order valence-corrected chi connectivity index (χ0v) is 14.4. The van der Waals surface area contributed by atoms with E-state index in [0.717, 1.165) is 4.31 Å². The number of hydrogen-bond donors (Lipinski definition) is 1. The third kappa shape index (κ3) is 3.25. The Labute approximate surface area is 140 Å². The van der Waals surface area contributed by atoms with E-state index in [0.29, 0.717) is 25.3 Å². The predicted molar refractivity (Wildman–Crippen MR) is 86.8 cm³/mol. The average Bonchev–Trinajstić information content (AvgIpc) is 3.15. The smallest absolute Gasteiger partial charge is 0.261 e. The van der Waals surface area contributed by atoms with Crippen molar-refractivity contribution in [2.24, 2.45) is 7.05 Å². The molecule has 3 heterocycles. The molecule has 3 rings (SSSR count). The Balaban J connectivity index is 1.71. The maximum absolute atomic E-state index is 12.5. The van der Waals surface area contributed by atoms with Gasteiger partial charge in [-0.1, -0.05) is 0 Å². The third-order valence-corrected chi connectivity index (χ3v) is 5.77. The molecule has 0 bridgehead atoms. The summed E-state index contributed by atoms with van der Waals surface area (Å²) in [7, 11) is -0.576. The number of aromatic nitrogens is 4. The van der Waals surface area contributed by atoms with Crippen LogP contribution in [-0.2, 0) is 17.1 Å². The molecule has 0 aliphatic carbocycles. The minimum Gasteiger partial charge on any atom is -0.387 e. The second kappa shape index (κ2) is 6.11. The van der Waals surface area contributed by atoms with Crippen molar-refractivity contribution in [2.75, 3.05) is 31.6 Å². The first-order valence-electron chi connectivity index (χ1n) is 7.48. The lowest BCUT2D eigenvalue weighted by atomic mass is 10.0. The summed E-state index contributed by atoms with van der Waals surface area (Å²) in [6.07, 6.45) is 8.12. The molecular formula is C14H20N6O3S. The van der Waals surface area contributed by atoms with Crippen molar-refractivity contribution in [3.05, 3.63) is 31.1 Å². The fourth-order valence-corrected chi connectivity index (χ4v) is 4.03. The Morgan fingerprint density at radius 1 is 1.38 bits per heavy atom. The molecule has 1 aliphatic heterocycles. The van der Waals surface area contributed by atoms with Crippen LogP contribution in [0.3, 0.4) is 0 Å². The molecule has 24 heavy (non-hydrogen) atoms. The molecule has 9 nitrogen and oxygen atoms in total. The Kier molecular flexibility index (Phi) is 4.28. The SMILES string of the molecule is CN(CC1(O)CCN(c2cnccn2)C1)S(=O)(=O)c1cn(C)cn1. The summed E-state index contributed by atoms with van der Waals surface area (Å²) in [6.45, 7) is 0.878. The van der Waals surface area contributed by atoms with Gasteiger partial charge in [0, 0.05) is 52.3 Å². The molecule has 0 saturated carbocycles. The fourth-order valence-electron chi connectivity index (χ4n) is 2.82. The second-order valence-electron chi connectivity index (χ2n) is 6.10. The van der Waals surface area contributed by atoms with Crippen LogP contribution in [0.1, 0.15) is 6.42 Å². The summed E-state index contributed by atoms with van der Waals surface area (Å²) in [5, 5.41) is 10.8. The molecule has 1 unspecified atom stereocenters. The van der Waals surface area contributed by atoms with Crippen LogP contribution in [0, 0.1) is 0 Å². The number of aliphatic hydroxyl groups is 1. The van der Waals surface area contributed by atoms with Crippen molar-refractivity contribution in [1.29, 1.82) is 0 Å². The van der Waals surface area contributed by atoms with E-state index in [4.69, 9.17) is 0 Å². The molecule has 0 amide bonds. The minimum absolute atomic E-state index is 0.0112. The number of β-amino-alcohol motifs (C(OH)–C–C–N with tert-alkyl or cyclic N) is 1. The monoisotopic (exact) mass is 352 g/mol. The number of likely N-dealkylation sites (N-methyl/N-ethyl adjacent to an activating group) is 1. The standard InChI is InChI=1S/C14H20N6O3S/c1-18-8-13(17-11-18)24(22,23)19(2)9-14(21)3-6-20(10-14)12-7-15-4-5-16-12/h4-5,7-8,11,21H,3,6,9-10H2,1-2H3. The zero-order chi connectivity index (χ0) is 17.4. The highest BCUT2D eigenvalue weighted by molar-refractivity contribution is 7.89. The van der Waals surface area contributed by atoms with Gasteiger partial charge in [-0.2, -0.15) is 4.31 Å². The summed E-state index contributed by atoms with van der Waals surface area (Å²) in [5.41, 5.74) is -1.14. The van der Waals surface area contributed by atoms with Crippen LogP contribution in [0.25, 0.3) is 0 Å². The van der Waals surface area contributed by atoms with Gasteiger partial charge in [-0.3, -0.25) is 4.98 Å². The Morgan fingerprint density at radius 3 is 2.79 bits per heavy atom. The van der Waals surface area contributed by atoms with Gasteiger partial charge in [0.05, 0.1) is 18.1 Å². The first-order valence-corrected chi connectivity index (χ1v) is 8.92. The molecule has 1 saturated heterocycles. The van der Waals surface area contributed by atoms with E-state index < -0.39 is 15.6 Å². The molecule has 10 heteroatoms. The summed E-state index contributed by atoms with van der Waals surface area (Å²) in [6, 6.07) is 0. The molecule has 130 valence electrons. The Morgan fingerprint density at radius 2 is 2.17 bits per heavy atom. The summed E-state index contributed by atoms with van der Waals surface area (Å²) in [5.74, 6) is 0.670. The van der Waals surface area contributed by atoms with Crippen molar-refractivity contribution < 1.29 is 13.5 Å². The molecule has 2 aromatic rings. The molecule has 1 atom stereocenters. The van der Waals surface area contributed by atoms with Gasteiger partial charge < -0.3 is 14.6 Å². The maximum Gasteiger partial charge on any atom is 0.261 e. The topological polar surface area (TPSA) is 104 Å². The largest absolute Gasteiger partial charge is 0.387 e. The van der Waals surface area contributed by atoms with Crippen LogP contribution in [0.4, 0.5) is 5.82 Å². The molecule has 0 aromatic carbocycles. The van der Waals surface area contributed by atoms with E-state index in [1.807, 2.05) is 4.90 Å². The summed E-state index contributed by atoms with van der Waals surface area (Å²) < 4.78 is 27.8. The number of sulfonamides is 1. The first-order chi connectivity index (χ1) is 11.3. The van der Waals surface area contributed by atoms with Gasteiger partial charge in [0.15, 0.2) is 5.03 Å². The Bertz CT molecular complexity index is 809. The van der Waals surface area contributed by atoms with Gasteiger partial charge >= 0.3 is 0 Å². The number of nitrogens with zero attached hydrogens (tertiary/aromatic N) is 6. The predicted octanol–water partition coefficient (Wildman–Crippen LogP) is -0.528. The van der Waals surface area contributed by atoms with E-state index in [-0.39, 0.29) is 11.6 Å². The number of hydrogen-bond acceptors (Lipinski definition) is 7. The molecule has 1 N–H and O–H groups in total. The number of rotatable bonds is 5. The highest BCUT2D eigenvalue weighted by atomic mass is 32.2. The van der Waals surface area contributed by atoms with Crippen LogP contribution >= 0.6 is 0 Å². The summed E-state index contributed by atoms with van der Waals surface area (Å²) >= 11 is 0. The van der Waals surface area contributed by atoms with Gasteiger partial charge in [0.25, 0.3) is 10.0 Å². The fraction of sp³-hybridized carbons (Fsp3) is 0.500. The zero-order valence-electron chi connectivity index (χ0n) is 13.6. The molecule has 0 radical (unpaired) electrons. The van der Waals surface area contributed by atoms with Crippen molar-refractivity contribution in [3.63, 3.8) is 0 Å². The van der Waals surface area contributed by atoms with Crippen molar-refractivity contribution >= 4 is 15.8 Å². The van der Waals surface area contributed by atoms with E-state index in [2.05, 4.69) is 15.0 Å². The van der Waals surface area contributed by atoms with Crippen LogP contribution < -0.4 is 4.90 Å². The normalized spacial score (nSPS) is 21.6. The highest BCUT2D eigenvalue weighted by Crippen LogP contribution is 2.27. The molecular weight excluding hydrogens is 332 g/mol. The number of aryl methyl sites for hydroxylation is 1. The minimum atomic E-state index is -3.73. The molecule has 1 fully saturated rings. The first kappa shape index (κ1) is 16.8. The van der Waals surface area contributed by atoms with Crippen LogP contribution in [0.15, 0.2) is 36.1 Å². The number of anilines is 1. The van der Waals surface area contributed by atoms with E-state index >= 15 is 0 Å². The van der Waals surface area contributed by atoms with Gasteiger partial charge in [-0.25, -0.2) is 18.4 Å². The van der Waals surface area contributed by atoms with Gasteiger partial charge in [0.2, 0.25) is 0 Å². The van der Waals surface area contributed by atoms with E-state index in [9.17, 15) is 13.5 Å². The molecule has 1 aliphatic rings. The lowest BCUT2D eigenvalue weighted by Crippen LogP contribution is -2.45. The third-order valence-electron chi connectivity index (χ3n) is 4.08. The highest BCUT2D eigenvalue weighted by Gasteiger charge is 2.40. The lowest BCUT2D eigenvalue weighted by molar-refractivity contribution is 0.0479. The lowest BCUT2D eigenvalue weighted by Gasteiger charge is -2.28. The van der Waals surface area contributed by atoms with Crippen LogP contribution in [-0.4, -0.2) is 69.6 Å². The molecule has 2 aromatic heterocycles. The van der Waals surface area contributed by atoms with Crippen molar-refractivity contribution in [3.8, 4) is 0 Å². The summed E-state index contributed by atoms with van der Waals surface area (Å²) in [4.78, 5) is 14.0. The van der Waals surface area contributed by atoms with Gasteiger partial charge in [0.1, 0.15) is 5.82 Å². The van der Waals surface area contributed by atoms with Gasteiger partial charge in [-0.15, -0.1) is 0 Å². The van der Waals surface area contributed by atoms with Crippen LogP contribution in [0.5, 0.6) is 0 Å². The maximum atomic E-state index is 12.5. The van der Waals surface area contributed by atoms with Gasteiger partial charge in [-0.05, 0) is 6.42 Å². The quantitative estimate of drug-likeness (QED) is 0.771. The Hall–Kier alpha value is -2.04. The number of imidazole rings is 1.